The Labute approximate surface area is 127 Å². The van der Waals surface area contributed by atoms with Crippen LogP contribution in [0.1, 0.15) is 20.3 Å². The van der Waals surface area contributed by atoms with Crippen molar-refractivity contribution in [2.24, 2.45) is 0 Å². The van der Waals surface area contributed by atoms with Crippen LogP contribution in [0.3, 0.4) is 0 Å². The Morgan fingerprint density at radius 2 is 2.05 bits per heavy atom. The van der Waals surface area contributed by atoms with E-state index in [1.54, 1.807) is 10.9 Å². The van der Waals surface area contributed by atoms with Gasteiger partial charge in [-0.25, -0.2) is 13.1 Å². The van der Waals surface area contributed by atoms with Gasteiger partial charge in [-0.15, -0.1) is 0 Å². The average Bonchev–Trinajstić information content (AvgIpc) is 2.83. The number of sulfonamides is 1. The van der Waals surface area contributed by atoms with Crippen molar-refractivity contribution in [3.05, 3.63) is 12.4 Å². The fraction of sp³-hybridized carbons (Fsp3) is 0.769. The zero-order valence-electron chi connectivity index (χ0n) is 13.3. The van der Waals surface area contributed by atoms with Gasteiger partial charge in [-0.3, -0.25) is 4.68 Å². The lowest BCUT2D eigenvalue weighted by Gasteiger charge is -2.10. The second kappa shape index (κ2) is 8.47. The van der Waals surface area contributed by atoms with Gasteiger partial charge in [-0.05, 0) is 27.1 Å². The normalized spacial score (nSPS) is 12.5. The molecule has 1 heterocycles. The summed E-state index contributed by atoms with van der Waals surface area (Å²) >= 11 is 0. The molecule has 122 valence electrons. The monoisotopic (exact) mass is 317 g/mol. The SMILES string of the molecule is CC(C)NCCCn1cc(S(=O)(=O)NCCN(C)C)cn1. The van der Waals surface area contributed by atoms with Crippen LogP contribution in [0.4, 0.5) is 0 Å². The Morgan fingerprint density at radius 3 is 2.67 bits per heavy atom. The molecule has 0 saturated carbocycles. The minimum Gasteiger partial charge on any atom is -0.314 e. The van der Waals surface area contributed by atoms with Gasteiger partial charge in [-0.2, -0.15) is 5.10 Å². The van der Waals surface area contributed by atoms with Crippen molar-refractivity contribution in [1.82, 2.24) is 24.7 Å². The van der Waals surface area contributed by atoms with Crippen LogP contribution < -0.4 is 10.0 Å². The van der Waals surface area contributed by atoms with E-state index >= 15 is 0 Å². The summed E-state index contributed by atoms with van der Waals surface area (Å²) in [4.78, 5) is 2.14. The fourth-order valence-electron chi connectivity index (χ4n) is 1.72. The molecule has 0 bridgehead atoms. The summed E-state index contributed by atoms with van der Waals surface area (Å²) in [5.74, 6) is 0. The first-order chi connectivity index (χ1) is 9.81. The molecule has 0 spiro atoms. The van der Waals surface area contributed by atoms with Crippen molar-refractivity contribution in [1.29, 1.82) is 0 Å². The second-order valence-corrected chi connectivity index (χ2v) is 7.37. The Balaban J connectivity index is 2.45. The van der Waals surface area contributed by atoms with E-state index in [9.17, 15) is 8.42 Å². The molecule has 0 aliphatic carbocycles. The third-order valence-electron chi connectivity index (χ3n) is 2.89. The molecule has 7 nitrogen and oxygen atoms in total. The van der Waals surface area contributed by atoms with E-state index < -0.39 is 10.0 Å². The van der Waals surface area contributed by atoms with Crippen molar-refractivity contribution in [2.75, 3.05) is 33.7 Å². The van der Waals surface area contributed by atoms with Gasteiger partial charge in [0.05, 0.1) is 6.20 Å². The maximum atomic E-state index is 12.1. The maximum absolute atomic E-state index is 12.1. The number of aromatic nitrogens is 2. The molecule has 0 amide bonds. The summed E-state index contributed by atoms with van der Waals surface area (Å²) in [6, 6.07) is 0.458. The molecule has 1 aromatic heterocycles. The quantitative estimate of drug-likeness (QED) is 0.599. The summed E-state index contributed by atoms with van der Waals surface area (Å²) in [5.41, 5.74) is 0. The molecule has 1 rings (SSSR count). The van der Waals surface area contributed by atoms with E-state index in [4.69, 9.17) is 0 Å². The Morgan fingerprint density at radius 1 is 1.33 bits per heavy atom. The number of hydrogen-bond acceptors (Lipinski definition) is 5. The lowest BCUT2D eigenvalue weighted by molar-refractivity contribution is 0.412. The van der Waals surface area contributed by atoms with E-state index in [1.807, 2.05) is 19.0 Å². The van der Waals surface area contributed by atoms with Crippen LogP contribution >= 0.6 is 0 Å². The lowest BCUT2D eigenvalue weighted by atomic mass is 10.3. The van der Waals surface area contributed by atoms with Gasteiger partial charge in [0, 0.05) is 31.9 Å². The highest BCUT2D eigenvalue weighted by molar-refractivity contribution is 7.89. The van der Waals surface area contributed by atoms with Crippen LogP contribution in [0, 0.1) is 0 Å². The van der Waals surface area contributed by atoms with Gasteiger partial charge < -0.3 is 10.2 Å². The van der Waals surface area contributed by atoms with Crippen molar-refractivity contribution < 1.29 is 8.42 Å². The van der Waals surface area contributed by atoms with Crippen molar-refractivity contribution in [3.63, 3.8) is 0 Å². The van der Waals surface area contributed by atoms with Gasteiger partial charge in [0.15, 0.2) is 0 Å². The summed E-state index contributed by atoms with van der Waals surface area (Å²) < 4.78 is 28.3. The number of nitrogens with zero attached hydrogens (tertiary/aromatic N) is 3. The van der Waals surface area contributed by atoms with Crippen molar-refractivity contribution >= 4 is 10.0 Å². The van der Waals surface area contributed by atoms with Gasteiger partial charge >= 0.3 is 0 Å². The third kappa shape index (κ3) is 7.03. The van der Waals surface area contributed by atoms with Gasteiger partial charge in [0.25, 0.3) is 0 Å². The molecule has 0 radical (unpaired) electrons. The van der Waals surface area contributed by atoms with E-state index in [0.29, 0.717) is 25.7 Å². The molecule has 21 heavy (non-hydrogen) atoms. The van der Waals surface area contributed by atoms with Crippen LogP contribution in [0.25, 0.3) is 0 Å². The third-order valence-corrected chi connectivity index (χ3v) is 4.30. The van der Waals surface area contributed by atoms with Crippen LogP contribution in [0.15, 0.2) is 17.3 Å². The average molecular weight is 317 g/mol. The number of hydrogen-bond donors (Lipinski definition) is 2. The summed E-state index contributed by atoms with van der Waals surface area (Å²) in [6.45, 7) is 6.83. The number of aryl methyl sites for hydroxylation is 1. The predicted molar refractivity (Wildman–Crippen MR) is 83.7 cm³/mol. The van der Waals surface area contributed by atoms with Gasteiger partial charge in [-0.1, -0.05) is 13.8 Å². The van der Waals surface area contributed by atoms with Crippen LogP contribution in [-0.2, 0) is 16.6 Å². The van der Waals surface area contributed by atoms with Crippen LogP contribution in [0.2, 0.25) is 0 Å². The minimum atomic E-state index is -3.45. The summed E-state index contributed by atoms with van der Waals surface area (Å²) in [5, 5.41) is 7.42. The van der Waals surface area contributed by atoms with Crippen LogP contribution in [-0.4, -0.2) is 62.9 Å². The highest BCUT2D eigenvalue weighted by Crippen LogP contribution is 2.06. The van der Waals surface area contributed by atoms with E-state index in [2.05, 4.69) is 29.0 Å². The molecule has 0 unspecified atom stereocenters. The van der Waals surface area contributed by atoms with Crippen molar-refractivity contribution in [2.45, 2.75) is 37.8 Å². The molecule has 0 aromatic carbocycles. The summed E-state index contributed by atoms with van der Waals surface area (Å²) in [7, 11) is 0.346. The second-order valence-electron chi connectivity index (χ2n) is 5.60. The minimum absolute atomic E-state index is 0.220. The molecule has 8 heteroatoms. The molecule has 0 aliphatic heterocycles. The van der Waals surface area contributed by atoms with Crippen molar-refractivity contribution in [3.8, 4) is 0 Å². The Hall–Kier alpha value is -0.960. The molecule has 2 N–H and O–H groups in total. The maximum Gasteiger partial charge on any atom is 0.243 e. The highest BCUT2D eigenvalue weighted by Gasteiger charge is 2.15. The molecular formula is C13H27N5O2S. The topological polar surface area (TPSA) is 79.3 Å². The zero-order valence-corrected chi connectivity index (χ0v) is 14.2. The van der Waals surface area contributed by atoms with Gasteiger partial charge in [0.2, 0.25) is 10.0 Å². The number of likely N-dealkylation sites (N-methyl/N-ethyl adjacent to an activating group) is 1. The largest absolute Gasteiger partial charge is 0.314 e. The van der Waals surface area contributed by atoms with E-state index in [0.717, 1.165) is 13.0 Å². The first-order valence-electron chi connectivity index (χ1n) is 7.21. The lowest BCUT2D eigenvalue weighted by Crippen LogP contribution is -2.31. The molecular weight excluding hydrogens is 290 g/mol. The Bertz CT molecular complexity index is 510. The van der Waals surface area contributed by atoms with E-state index in [1.165, 1.54) is 6.20 Å². The van der Waals surface area contributed by atoms with E-state index in [-0.39, 0.29) is 4.90 Å². The standard InChI is InChI=1S/C13H27N5O2S/c1-12(2)14-6-5-8-18-11-13(10-15-18)21(19,20)16-7-9-17(3)4/h10-12,14,16H,5-9H2,1-4H3. The first-order valence-corrected chi connectivity index (χ1v) is 8.70. The molecule has 0 atom stereocenters. The first kappa shape index (κ1) is 18.1. The number of rotatable bonds is 10. The summed E-state index contributed by atoms with van der Waals surface area (Å²) in [6.07, 6.45) is 3.88. The fourth-order valence-corrected chi connectivity index (χ4v) is 2.70. The molecule has 0 aliphatic rings. The highest BCUT2D eigenvalue weighted by atomic mass is 32.2. The number of nitrogens with one attached hydrogen (secondary N) is 2. The smallest absolute Gasteiger partial charge is 0.243 e. The predicted octanol–water partition coefficient (Wildman–Crippen LogP) is 0.111. The van der Waals surface area contributed by atoms with Gasteiger partial charge in [0.1, 0.15) is 4.90 Å². The molecule has 1 aromatic rings. The molecule has 0 fully saturated rings. The Kier molecular flexibility index (Phi) is 7.30. The zero-order chi connectivity index (χ0) is 15.9. The van der Waals surface area contributed by atoms with Crippen LogP contribution in [0.5, 0.6) is 0 Å². The molecule has 0 saturated heterocycles.